The Morgan fingerprint density at radius 1 is 1.12 bits per heavy atom. The van der Waals surface area contributed by atoms with Crippen LogP contribution in [0, 0.1) is 0 Å². The monoisotopic (exact) mass is 358 g/mol. The number of benzene rings is 1. The van der Waals surface area contributed by atoms with Crippen LogP contribution in [0.15, 0.2) is 36.7 Å². The summed E-state index contributed by atoms with van der Waals surface area (Å²) in [5, 5.41) is 3.63. The van der Waals surface area contributed by atoms with Crippen molar-refractivity contribution in [2.75, 3.05) is 24.5 Å². The van der Waals surface area contributed by atoms with Gasteiger partial charge in [-0.2, -0.15) is 0 Å². The number of hydrogen-bond donors (Lipinski definition) is 1. The van der Waals surface area contributed by atoms with Gasteiger partial charge in [-0.25, -0.2) is 9.97 Å². The highest BCUT2D eigenvalue weighted by Gasteiger charge is 2.14. The molecule has 1 amide bonds. The third-order valence-corrected chi connectivity index (χ3v) is 4.64. The predicted molar refractivity (Wildman–Crippen MR) is 100 cm³/mol. The van der Waals surface area contributed by atoms with Crippen molar-refractivity contribution in [2.24, 2.45) is 0 Å². The van der Waals surface area contributed by atoms with E-state index in [4.69, 9.17) is 11.6 Å². The summed E-state index contributed by atoms with van der Waals surface area (Å²) in [5.41, 5.74) is 1.51. The second kappa shape index (κ2) is 8.81. The average Bonchev–Trinajstić information content (AvgIpc) is 2.91. The molecular weight excluding hydrogens is 336 g/mol. The first-order chi connectivity index (χ1) is 12.2. The molecule has 1 fully saturated rings. The van der Waals surface area contributed by atoms with Gasteiger partial charge < -0.3 is 10.2 Å². The molecule has 1 N–H and O–H groups in total. The fourth-order valence-electron chi connectivity index (χ4n) is 3.05. The van der Waals surface area contributed by atoms with Crippen LogP contribution in [0.4, 0.5) is 5.82 Å². The molecule has 1 aliphatic rings. The Balaban J connectivity index is 1.57. The van der Waals surface area contributed by atoms with Gasteiger partial charge in [0, 0.05) is 30.7 Å². The van der Waals surface area contributed by atoms with E-state index in [0.717, 1.165) is 30.9 Å². The van der Waals surface area contributed by atoms with Gasteiger partial charge in [-0.05, 0) is 37.0 Å². The summed E-state index contributed by atoms with van der Waals surface area (Å²) in [7, 11) is 0. The van der Waals surface area contributed by atoms with E-state index >= 15 is 0 Å². The fraction of sp³-hybridized carbons (Fsp3) is 0.421. The summed E-state index contributed by atoms with van der Waals surface area (Å²) in [6.45, 7) is 2.53. The molecule has 0 radical (unpaired) electrons. The number of carbonyl (C=O) groups is 1. The number of aromatic nitrogens is 2. The van der Waals surface area contributed by atoms with Gasteiger partial charge in [-0.1, -0.05) is 36.6 Å². The topological polar surface area (TPSA) is 58.1 Å². The summed E-state index contributed by atoms with van der Waals surface area (Å²) in [5.74, 6) is 0.678. The molecule has 1 aromatic carbocycles. The van der Waals surface area contributed by atoms with E-state index in [0.29, 0.717) is 17.3 Å². The van der Waals surface area contributed by atoms with Crippen molar-refractivity contribution in [2.45, 2.75) is 32.1 Å². The zero-order valence-corrected chi connectivity index (χ0v) is 15.0. The first-order valence-corrected chi connectivity index (χ1v) is 9.20. The quantitative estimate of drug-likeness (QED) is 0.888. The molecule has 25 heavy (non-hydrogen) atoms. The Bertz CT molecular complexity index is 714. The largest absolute Gasteiger partial charge is 0.357 e. The molecule has 0 atom stereocenters. The summed E-state index contributed by atoms with van der Waals surface area (Å²) in [6.07, 6.45) is 7.08. The van der Waals surface area contributed by atoms with Gasteiger partial charge >= 0.3 is 0 Å². The van der Waals surface area contributed by atoms with E-state index < -0.39 is 0 Å². The minimum Gasteiger partial charge on any atom is -0.357 e. The number of nitrogens with one attached hydrogen (secondary N) is 1. The minimum absolute atomic E-state index is 0.166. The summed E-state index contributed by atoms with van der Waals surface area (Å²) >= 11 is 5.98. The maximum Gasteiger partial charge on any atom is 0.270 e. The normalized spacial score (nSPS) is 14.8. The molecule has 2 heterocycles. The Morgan fingerprint density at radius 3 is 2.68 bits per heavy atom. The molecule has 0 spiro atoms. The van der Waals surface area contributed by atoms with Crippen molar-refractivity contribution in [3.05, 3.63) is 52.9 Å². The van der Waals surface area contributed by atoms with Crippen molar-refractivity contribution in [1.82, 2.24) is 15.3 Å². The lowest BCUT2D eigenvalue weighted by Gasteiger charge is -2.21. The van der Waals surface area contributed by atoms with Gasteiger partial charge in [0.1, 0.15) is 17.8 Å². The van der Waals surface area contributed by atoms with Crippen LogP contribution in [0.25, 0.3) is 0 Å². The maximum absolute atomic E-state index is 12.4. The molecule has 3 rings (SSSR count). The highest BCUT2D eigenvalue weighted by Crippen LogP contribution is 2.17. The SMILES string of the molecule is O=C(NCCc1cccc(Cl)c1)c1cc(N2CCCCCC2)ncn1. The van der Waals surface area contributed by atoms with Crippen molar-refractivity contribution in [3.63, 3.8) is 0 Å². The molecule has 132 valence electrons. The third kappa shape index (κ3) is 5.16. The van der Waals surface area contributed by atoms with E-state index in [9.17, 15) is 4.79 Å². The Hall–Kier alpha value is -2.14. The lowest BCUT2D eigenvalue weighted by Crippen LogP contribution is -2.28. The standard InChI is InChI=1S/C19H23ClN4O/c20-16-7-5-6-15(12-16)8-9-21-19(25)17-13-18(23-14-22-17)24-10-3-1-2-4-11-24/h5-7,12-14H,1-4,8-11H2,(H,21,25). The Kier molecular flexibility index (Phi) is 6.23. The van der Waals surface area contributed by atoms with E-state index in [-0.39, 0.29) is 5.91 Å². The Labute approximate surface area is 153 Å². The highest BCUT2D eigenvalue weighted by molar-refractivity contribution is 6.30. The first kappa shape index (κ1) is 17.7. The van der Waals surface area contributed by atoms with Crippen molar-refractivity contribution >= 4 is 23.3 Å². The number of halogens is 1. The predicted octanol–water partition coefficient (Wildman–Crippen LogP) is 3.48. The van der Waals surface area contributed by atoms with Gasteiger partial charge in [0.15, 0.2) is 0 Å². The van der Waals surface area contributed by atoms with Crippen LogP contribution in [0.1, 0.15) is 41.7 Å². The molecule has 6 heteroatoms. The molecule has 2 aromatic rings. The molecule has 5 nitrogen and oxygen atoms in total. The lowest BCUT2D eigenvalue weighted by molar-refractivity contribution is 0.0949. The maximum atomic E-state index is 12.4. The number of nitrogens with zero attached hydrogens (tertiary/aromatic N) is 3. The van der Waals surface area contributed by atoms with E-state index in [1.165, 1.54) is 32.0 Å². The number of hydrogen-bond acceptors (Lipinski definition) is 4. The highest BCUT2D eigenvalue weighted by atomic mass is 35.5. The lowest BCUT2D eigenvalue weighted by atomic mass is 10.1. The van der Waals surface area contributed by atoms with Gasteiger partial charge in [-0.3, -0.25) is 4.79 Å². The smallest absolute Gasteiger partial charge is 0.270 e. The summed E-state index contributed by atoms with van der Waals surface area (Å²) < 4.78 is 0. The zero-order chi connectivity index (χ0) is 17.5. The first-order valence-electron chi connectivity index (χ1n) is 8.82. The molecule has 1 aromatic heterocycles. The molecule has 1 aliphatic heterocycles. The number of rotatable bonds is 5. The van der Waals surface area contributed by atoms with Gasteiger partial charge in [0.2, 0.25) is 0 Å². The molecule has 0 bridgehead atoms. The van der Waals surface area contributed by atoms with Crippen LogP contribution >= 0.6 is 11.6 Å². The van der Waals surface area contributed by atoms with Crippen LogP contribution in [0.3, 0.4) is 0 Å². The summed E-state index contributed by atoms with van der Waals surface area (Å²) in [6, 6.07) is 9.46. The third-order valence-electron chi connectivity index (χ3n) is 4.40. The molecule has 0 aliphatic carbocycles. The van der Waals surface area contributed by atoms with Crippen LogP contribution in [0.2, 0.25) is 5.02 Å². The molecule has 0 saturated carbocycles. The van der Waals surface area contributed by atoms with Crippen molar-refractivity contribution in [1.29, 1.82) is 0 Å². The van der Waals surface area contributed by atoms with Gasteiger partial charge in [0.25, 0.3) is 5.91 Å². The van der Waals surface area contributed by atoms with Gasteiger partial charge in [0.05, 0.1) is 0 Å². The zero-order valence-electron chi connectivity index (χ0n) is 14.2. The number of amides is 1. The fourth-order valence-corrected chi connectivity index (χ4v) is 3.26. The van der Waals surface area contributed by atoms with Gasteiger partial charge in [-0.15, -0.1) is 0 Å². The molecular formula is C19H23ClN4O. The van der Waals surface area contributed by atoms with E-state index in [1.807, 2.05) is 24.3 Å². The van der Waals surface area contributed by atoms with Crippen LogP contribution in [-0.4, -0.2) is 35.5 Å². The minimum atomic E-state index is -0.166. The van der Waals surface area contributed by atoms with Crippen LogP contribution < -0.4 is 10.2 Å². The Morgan fingerprint density at radius 2 is 1.92 bits per heavy atom. The molecule has 0 unspecified atom stereocenters. The number of carbonyl (C=O) groups excluding carboxylic acids is 1. The average molecular weight is 359 g/mol. The summed E-state index contributed by atoms with van der Waals surface area (Å²) in [4.78, 5) is 23.1. The van der Waals surface area contributed by atoms with E-state index in [2.05, 4.69) is 20.2 Å². The molecule has 1 saturated heterocycles. The van der Waals surface area contributed by atoms with Crippen molar-refractivity contribution in [3.8, 4) is 0 Å². The van der Waals surface area contributed by atoms with E-state index in [1.54, 1.807) is 6.07 Å². The number of anilines is 1. The van der Waals surface area contributed by atoms with Crippen LogP contribution in [0.5, 0.6) is 0 Å². The van der Waals surface area contributed by atoms with Crippen LogP contribution in [-0.2, 0) is 6.42 Å². The second-order valence-electron chi connectivity index (χ2n) is 6.30. The van der Waals surface area contributed by atoms with Crippen molar-refractivity contribution < 1.29 is 4.79 Å². The second-order valence-corrected chi connectivity index (χ2v) is 6.73.